The Morgan fingerprint density at radius 2 is 1.92 bits per heavy atom. The van der Waals surface area contributed by atoms with E-state index >= 15 is 0 Å². The van der Waals surface area contributed by atoms with Crippen LogP contribution in [0.25, 0.3) is 0 Å². The van der Waals surface area contributed by atoms with Gasteiger partial charge in [-0.2, -0.15) is 0 Å². The van der Waals surface area contributed by atoms with Crippen LogP contribution in [0.3, 0.4) is 0 Å². The average molecular weight is 373 g/mol. The van der Waals surface area contributed by atoms with Gasteiger partial charge < -0.3 is 10.1 Å². The van der Waals surface area contributed by atoms with Crippen molar-refractivity contribution in [3.63, 3.8) is 0 Å². The number of nitro benzene ring substituents is 1. The van der Waals surface area contributed by atoms with Crippen molar-refractivity contribution in [2.24, 2.45) is 0 Å². The lowest BCUT2D eigenvalue weighted by atomic mass is 10.2. The van der Waals surface area contributed by atoms with Gasteiger partial charge in [-0.25, -0.2) is 0 Å². The molecule has 2 aromatic rings. The number of rotatable bonds is 6. The second-order valence-corrected chi connectivity index (χ2v) is 6.16. The number of carbonyl (C=O) groups excluding carboxylic acids is 1. The molecule has 2 rings (SSSR count). The van der Waals surface area contributed by atoms with Crippen LogP contribution in [0.15, 0.2) is 48.5 Å². The number of nitrogens with one attached hydrogen (secondary N) is 2. The number of amides is 1. The highest BCUT2D eigenvalue weighted by molar-refractivity contribution is 7.80. The van der Waals surface area contributed by atoms with Crippen molar-refractivity contribution in [1.29, 1.82) is 0 Å². The third kappa shape index (κ3) is 5.82. The molecule has 0 bridgehead atoms. The molecule has 26 heavy (non-hydrogen) atoms. The third-order valence-corrected chi connectivity index (χ3v) is 3.54. The van der Waals surface area contributed by atoms with Crippen LogP contribution in [-0.4, -0.2) is 22.0 Å². The Labute approximate surface area is 156 Å². The number of carbonyl (C=O) groups is 1. The molecule has 0 aliphatic heterocycles. The SMILES string of the molecule is CC(C)Oc1ccc(CNC(=S)NC(=O)c2cccc([N+](=O)[O-])c2)cc1. The molecule has 0 fully saturated rings. The van der Waals surface area contributed by atoms with E-state index in [2.05, 4.69) is 10.6 Å². The number of non-ortho nitro benzene ring substituents is 1. The van der Waals surface area contributed by atoms with Gasteiger partial charge >= 0.3 is 0 Å². The van der Waals surface area contributed by atoms with Gasteiger partial charge in [0.05, 0.1) is 11.0 Å². The van der Waals surface area contributed by atoms with Gasteiger partial charge in [-0.3, -0.25) is 20.2 Å². The molecule has 0 saturated carbocycles. The molecule has 0 aliphatic carbocycles. The Morgan fingerprint density at radius 1 is 1.23 bits per heavy atom. The summed E-state index contributed by atoms with van der Waals surface area (Å²) in [7, 11) is 0. The lowest BCUT2D eigenvalue weighted by Crippen LogP contribution is -2.38. The molecule has 0 heterocycles. The highest BCUT2D eigenvalue weighted by Gasteiger charge is 2.12. The minimum atomic E-state index is -0.556. The predicted octanol–water partition coefficient (Wildman–Crippen LogP) is 3.19. The summed E-state index contributed by atoms with van der Waals surface area (Å²) < 4.78 is 5.57. The van der Waals surface area contributed by atoms with E-state index in [1.807, 2.05) is 38.1 Å². The molecular weight excluding hydrogens is 354 g/mol. The highest BCUT2D eigenvalue weighted by atomic mass is 32.1. The topological polar surface area (TPSA) is 93.5 Å². The summed E-state index contributed by atoms with van der Waals surface area (Å²) in [5.74, 6) is 0.275. The normalized spacial score (nSPS) is 10.3. The fourth-order valence-corrected chi connectivity index (χ4v) is 2.29. The summed E-state index contributed by atoms with van der Waals surface area (Å²) in [6.45, 7) is 4.34. The van der Waals surface area contributed by atoms with E-state index in [9.17, 15) is 14.9 Å². The maximum Gasteiger partial charge on any atom is 0.270 e. The maximum atomic E-state index is 12.1. The van der Waals surface area contributed by atoms with Crippen molar-refractivity contribution in [1.82, 2.24) is 10.6 Å². The number of thiocarbonyl (C=S) groups is 1. The van der Waals surface area contributed by atoms with Crippen LogP contribution in [0, 0.1) is 10.1 Å². The van der Waals surface area contributed by atoms with Gasteiger partial charge in [-0.05, 0) is 49.8 Å². The molecule has 8 heteroatoms. The molecule has 0 saturated heterocycles. The van der Waals surface area contributed by atoms with Crippen molar-refractivity contribution < 1.29 is 14.5 Å². The molecular formula is C18H19N3O4S. The van der Waals surface area contributed by atoms with Gasteiger partial charge in [-0.1, -0.05) is 18.2 Å². The Balaban J connectivity index is 1.87. The molecule has 0 aromatic heterocycles. The fourth-order valence-electron chi connectivity index (χ4n) is 2.12. The van der Waals surface area contributed by atoms with Crippen LogP contribution in [-0.2, 0) is 6.54 Å². The molecule has 2 aromatic carbocycles. The number of nitro groups is 1. The Hall–Kier alpha value is -3.00. The van der Waals surface area contributed by atoms with E-state index in [-0.39, 0.29) is 22.5 Å². The molecule has 7 nitrogen and oxygen atoms in total. The van der Waals surface area contributed by atoms with Gasteiger partial charge in [0, 0.05) is 24.2 Å². The van der Waals surface area contributed by atoms with Gasteiger partial charge in [-0.15, -0.1) is 0 Å². The highest BCUT2D eigenvalue weighted by Crippen LogP contribution is 2.14. The summed E-state index contributed by atoms with van der Waals surface area (Å²) in [6, 6.07) is 13.0. The Kier molecular flexibility index (Phi) is 6.62. The molecule has 0 spiro atoms. The number of nitrogens with zero attached hydrogens (tertiary/aromatic N) is 1. The van der Waals surface area contributed by atoms with Crippen LogP contribution in [0.1, 0.15) is 29.8 Å². The van der Waals surface area contributed by atoms with E-state index in [0.29, 0.717) is 6.54 Å². The van der Waals surface area contributed by atoms with Crippen LogP contribution in [0.2, 0.25) is 0 Å². The summed E-state index contributed by atoms with van der Waals surface area (Å²) in [4.78, 5) is 22.3. The Bertz CT molecular complexity index is 806. The quantitative estimate of drug-likeness (QED) is 0.459. The van der Waals surface area contributed by atoms with Crippen LogP contribution in [0.4, 0.5) is 5.69 Å². The summed E-state index contributed by atoms with van der Waals surface area (Å²) >= 11 is 5.10. The summed E-state index contributed by atoms with van der Waals surface area (Å²) in [6.07, 6.45) is 0.107. The third-order valence-electron chi connectivity index (χ3n) is 3.29. The number of benzene rings is 2. The smallest absolute Gasteiger partial charge is 0.270 e. The standard InChI is InChI=1S/C18H19N3O4S/c1-12(2)25-16-8-6-13(7-9-16)11-19-18(26)20-17(22)14-4-3-5-15(10-14)21(23)24/h3-10,12H,11H2,1-2H3,(H2,19,20,22,26). The Morgan fingerprint density at radius 3 is 2.54 bits per heavy atom. The summed E-state index contributed by atoms with van der Waals surface area (Å²) in [5, 5.41) is 16.3. The van der Waals surface area contributed by atoms with Crippen molar-refractivity contribution in [3.8, 4) is 5.75 Å². The van der Waals surface area contributed by atoms with E-state index in [1.54, 1.807) is 0 Å². The van der Waals surface area contributed by atoms with E-state index in [4.69, 9.17) is 17.0 Å². The molecule has 0 unspecified atom stereocenters. The molecule has 0 aliphatic rings. The van der Waals surface area contributed by atoms with Crippen molar-refractivity contribution in [2.75, 3.05) is 0 Å². The fraction of sp³-hybridized carbons (Fsp3) is 0.222. The molecule has 2 N–H and O–H groups in total. The lowest BCUT2D eigenvalue weighted by Gasteiger charge is -2.12. The number of hydrogen-bond donors (Lipinski definition) is 2. The summed E-state index contributed by atoms with van der Waals surface area (Å²) in [5.41, 5.74) is 0.979. The van der Waals surface area contributed by atoms with E-state index in [0.717, 1.165) is 11.3 Å². The first-order chi connectivity index (χ1) is 12.3. The van der Waals surface area contributed by atoms with Crippen molar-refractivity contribution in [3.05, 3.63) is 69.8 Å². The molecule has 136 valence electrons. The largest absolute Gasteiger partial charge is 0.491 e. The van der Waals surface area contributed by atoms with E-state index in [1.165, 1.54) is 24.3 Å². The first-order valence-electron chi connectivity index (χ1n) is 7.94. The molecule has 0 radical (unpaired) electrons. The van der Waals surface area contributed by atoms with E-state index < -0.39 is 10.8 Å². The van der Waals surface area contributed by atoms with Gasteiger partial charge in [0.15, 0.2) is 5.11 Å². The maximum absolute atomic E-state index is 12.1. The minimum absolute atomic E-state index is 0.107. The van der Waals surface area contributed by atoms with Crippen LogP contribution >= 0.6 is 12.2 Å². The van der Waals surface area contributed by atoms with Gasteiger partial charge in [0.2, 0.25) is 0 Å². The number of ether oxygens (including phenoxy) is 1. The van der Waals surface area contributed by atoms with Crippen LogP contribution < -0.4 is 15.4 Å². The van der Waals surface area contributed by atoms with Crippen molar-refractivity contribution >= 4 is 28.9 Å². The molecule has 0 atom stereocenters. The second-order valence-electron chi connectivity index (χ2n) is 5.75. The first kappa shape index (κ1) is 19.3. The zero-order valence-corrected chi connectivity index (χ0v) is 15.2. The minimum Gasteiger partial charge on any atom is -0.491 e. The zero-order valence-electron chi connectivity index (χ0n) is 14.4. The zero-order chi connectivity index (χ0) is 19.1. The van der Waals surface area contributed by atoms with Gasteiger partial charge in [0.25, 0.3) is 11.6 Å². The van der Waals surface area contributed by atoms with Crippen molar-refractivity contribution in [2.45, 2.75) is 26.5 Å². The lowest BCUT2D eigenvalue weighted by molar-refractivity contribution is -0.384. The first-order valence-corrected chi connectivity index (χ1v) is 8.35. The average Bonchev–Trinajstić information content (AvgIpc) is 2.60. The monoisotopic (exact) mass is 373 g/mol. The van der Waals surface area contributed by atoms with Gasteiger partial charge in [0.1, 0.15) is 5.75 Å². The second kappa shape index (κ2) is 8.91. The number of hydrogen-bond acceptors (Lipinski definition) is 5. The molecule has 1 amide bonds. The predicted molar refractivity (Wildman–Crippen MR) is 102 cm³/mol. The van der Waals surface area contributed by atoms with Crippen LogP contribution in [0.5, 0.6) is 5.75 Å².